The molecule has 2 aromatic carbocycles. The maximum Gasteiger partial charge on any atom is 0.171 e. The first-order chi connectivity index (χ1) is 9.56. The van der Waals surface area contributed by atoms with E-state index in [-0.39, 0.29) is 11.1 Å². The number of hydrogen-bond acceptors (Lipinski definition) is 1. The van der Waals surface area contributed by atoms with Crippen LogP contribution < -0.4 is 10.6 Å². The summed E-state index contributed by atoms with van der Waals surface area (Å²) in [5, 5.41) is 6.67. The van der Waals surface area contributed by atoms with Crippen LogP contribution in [0, 0.1) is 5.82 Å². The summed E-state index contributed by atoms with van der Waals surface area (Å²) in [5.41, 5.74) is 1.78. The van der Waals surface area contributed by atoms with Gasteiger partial charge in [0.1, 0.15) is 5.82 Å². The maximum absolute atomic E-state index is 13.1. The van der Waals surface area contributed by atoms with Crippen molar-refractivity contribution in [3.05, 3.63) is 64.9 Å². The van der Waals surface area contributed by atoms with E-state index in [4.69, 9.17) is 23.8 Å². The maximum atomic E-state index is 13.1. The molecule has 0 aliphatic heterocycles. The van der Waals surface area contributed by atoms with E-state index < -0.39 is 5.82 Å². The summed E-state index contributed by atoms with van der Waals surface area (Å²) in [4.78, 5) is 0. The Morgan fingerprint density at radius 1 is 1.20 bits per heavy atom. The molecule has 2 N–H and O–H groups in total. The highest BCUT2D eigenvalue weighted by Gasteiger charge is 2.07. The molecule has 0 saturated heterocycles. The Morgan fingerprint density at radius 3 is 2.55 bits per heavy atom. The molecule has 5 heteroatoms. The summed E-state index contributed by atoms with van der Waals surface area (Å²) in [5.74, 6) is -0.450. The Labute approximate surface area is 128 Å². The molecular weight excluding hydrogens is 295 g/mol. The highest BCUT2D eigenvalue weighted by Crippen LogP contribution is 2.19. The second kappa shape index (κ2) is 6.68. The van der Waals surface area contributed by atoms with Gasteiger partial charge in [0.05, 0.1) is 11.1 Å². The first-order valence-electron chi connectivity index (χ1n) is 6.14. The van der Waals surface area contributed by atoms with Gasteiger partial charge in [0.25, 0.3) is 0 Å². The molecule has 0 amide bonds. The molecule has 0 fully saturated rings. The van der Waals surface area contributed by atoms with Crippen LogP contribution in [0.5, 0.6) is 0 Å². The largest absolute Gasteiger partial charge is 0.356 e. The molecule has 2 aromatic rings. The van der Waals surface area contributed by atoms with E-state index in [1.54, 1.807) is 6.07 Å². The number of hydrogen-bond donors (Lipinski definition) is 2. The van der Waals surface area contributed by atoms with Gasteiger partial charge in [-0.05, 0) is 42.9 Å². The molecule has 2 nitrogen and oxygen atoms in total. The summed E-state index contributed by atoms with van der Waals surface area (Å²) in [6.07, 6.45) is 0. The second-order valence-electron chi connectivity index (χ2n) is 4.36. The summed E-state index contributed by atoms with van der Waals surface area (Å²) >= 11 is 10.9. The van der Waals surface area contributed by atoms with E-state index in [0.29, 0.717) is 10.8 Å². The number of rotatable bonds is 3. The van der Waals surface area contributed by atoms with Crippen LogP contribution in [-0.2, 0) is 0 Å². The molecule has 1 atom stereocenters. The lowest BCUT2D eigenvalue weighted by atomic mass is 10.1. The summed E-state index contributed by atoms with van der Waals surface area (Å²) < 4.78 is 13.1. The highest BCUT2D eigenvalue weighted by molar-refractivity contribution is 7.80. The summed E-state index contributed by atoms with van der Waals surface area (Å²) in [6, 6.07) is 14.4. The van der Waals surface area contributed by atoms with Crippen LogP contribution in [0.3, 0.4) is 0 Å². The van der Waals surface area contributed by atoms with Crippen molar-refractivity contribution in [3.63, 3.8) is 0 Å². The minimum absolute atomic E-state index is 0.0638. The average Bonchev–Trinajstić information content (AvgIpc) is 2.44. The molecule has 0 aromatic heterocycles. The SMILES string of the molecule is CC(NC(=S)Nc1ccc(F)c(Cl)c1)c1ccccc1. The Hall–Kier alpha value is -1.65. The van der Waals surface area contributed by atoms with Crippen molar-refractivity contribution in [3.8, 4) is 0 Å². The van der Waals surface area contributed by atoms with E-state index in [1.165, 1.54) is 12.1 Å². The van der Waals surface area contributed by atoms with Gasteiger partial charge in [-0.3, -0.25) is 0 Å². The van der Waals surface area contributed by atoms with Crippen LogP contribution in [0.2, 0.25) is 5.02 Å². The molecule has 2 rings (SSSR count). The summed E-state index contributed by atoms with van der Waals surface area (Å²) in [7, 11) is 0. The molecule has 0 radical (unpaired) electrons. The van der Waals surface area contributed by atoms with Gasteiger partial charge in [-0.2, -0.15) is 0 Å². The Kier molecular flexibility index (Phi) is 4.93. The van der Waals surface area contributed by atoms with Crippen LogP contribution in [0.1, 0.15) is 18.5 Å². The molecule has 20 heavy (non-hydrogen) atoms. The van der Waals surface area contributed by atoms with Crippen molar-refractivity contribution < 1.29 is 4.39 Å². The zero-order chi connectivity index (χ0) is 14.5. The van der Waals surface area contributed by atoms with E-state index >= 15 is 0 Å². The van der Waals surface area contributed by atoms with Gasteiger partial charge >= 0.3 is 0 Å². The fourth-order valence-electron chi connectivity index (χ4n) is 1.76. The first-order valence-corrected chi connectivity index (χ1v) is 6.92. The van der Waals surface area contributed by atoms with E-state index in [1.807, 2.05) is 37.3 Å². The van der Waals surface area contributed by atoms with Crippen molar-refractivity contribution in [2.75, 3.05) is 5.32 Å². The molecule has 0 spiro atoms. The summed E-state index contributed by atoms with van der Waals surface area (Å²) in [6.45, 7) is 2.01. The minimum atomic E-state index is -0.450. The number of nitrogens with one attached hydrogen (secondary N) is 2. The van der Waals surface area contributed by atoms with Crippen molar-refractivity contribution in [1.29, 1.82) is 0 Å². The zero-order valence-electron chi connectivity index (χ0n) is 10.9. The monoisotopic (exact) mass is 308 g/mol. The van der Waals surface area contributed by atoms with Crippen molar-refractivity contribution in [2.45, 2.75) is 13.0 Å². The van der Waals surface area contributed by atoms with Gasteiger partial charge in [0, 0.05) is 5.69 Å². The molecule has 0 bridgehead atoms. The smallest absolute Gasteiger partial charge is 0.171 e. The lowest BCUT2D eigenvalue weighted by Crippen LogP contribution is -2.30. The lowest BCUT2D eigenvalue weighted by Gasteiger charge is -2.17. The van der Waals surface area contributed by atoms with Gasteiger partial charge in [-0.25, -0.2) is 4.39 Å². The van der Waals surface area contributed by atoms with Crippen LogP contribution >= 0.6 is 23.8 Å². The average molecular weight is 309 g/mol. The van der Waals surface area contributed by atoms with Crippen LogP contribution in [-0.4, -0.2) is 5.11 Å². The van der Waals surface area contributed by atoms with Crippen molar-refractivity contribution in [1.82, 2.24) is 5.32 Å². The van der Waals surface area contributed by atoms with E-state index in [0.717, 1.165) is 5.56 Å². The van der Waals surface area contributed by atoms with E-state index in [2.05, 4.69) is 10.6 Å². The van der Waals surface area contributed by atoms with Crippen LogP contribution in [0.4, 0.5) is 10.1 Å². The Bertz CT molecular complexity index is 604. The molecule has 104 valence electrons. The predicted octanol–water partition coefficient (Wildman–Crippen LogP) is 4.53. The molecular formula is C15H14ClFN2S. The molecule has 0 saturated carbocycles. The molecule has 0 aliphatic carbocycles. The van der Waals surface area contributed by atoms with Gasteiger partial charge in [-0.1, -0.05) is 41.9 Å². The van der Waals surface area contributed by atoms with Gasteiger partial charge in [0.2, 0.25) is 0 Å². The second-order valence-corrected chi connectivity index (χ2v) is 5.18. The molecule has 0 heterocycles. The van der Waals surface area contributed by atoms with Crippen molar-refractivity contribution in [2.24, 2.45) is 0 Å². The van der Waals surface area contributed by atoms with Crippen LogP contribution in [0.25, 0.3) is 0 Å². The molecule has 1 unspecified atom stereocenters. The van der Waals surface area contributed by atoms with Crippen LogP contribution in [0.15, 0.2) is 48.5 Å². The fraction of sp³-hybridized carbons (Fsp3) is 0.133. The predicted molar refractivity (Wildman–Crippen MR) is 85.6 cm³/mol. The Balaban J connectivity index is 1.97. The highest BCUT2D eigenvalue weighted by atomic mass is 35.5. The first kappa shape index (κ1) is 14.8. The van der Waals surface area contributed by atoms with E-state index in [9.17, 15) is 4.39 Å². The number of thiocarbonyl (C=S) groups is 1. The normalized spacial score (nSPS) is 11.8. The Morgan fingerprint density at radius 2 is 1.90 bits per heavy atom. The van der Waals surface area contributed by atoms with Crippen molar-refractivity contribution >= 4 is 34.6 Å². The third-order valence-corrected chi connectivity index (χ3v) is 3.33. The van der Waals surface area contributed by atoms with Gasteiger partial charge in [-0.15, -0.1) is 0 Å². The van der Waals surface area contributed by atoms with Gasteiger partial charge < -0.3 is 10.6 Å². The van der Waals surface area contributed by atoms with Gasteiger partial charge in [0.15, 0.2) is 5.11 Å². The number of halogens is 2. The quantitative estimate of drug-likeness (QED) is 0.815. The topological polar surface area (TPSA) is 24.1 Å². The lowest BCUT2D eigenvalue weighted by molar-refractivity contribution is 0.628. The number of benzene rings is 2. The molecule has 0 aliphatic rings. The third kappa shape index (κ3) is 3.92. The standard InChI is InChI=1S/C15H14ClFN2S/c1-10(11-5-3-2-4-6-11)18-15(20)19-12-7-8-14(17)13(16)9-12/h2-10H,1H3,(H2,18,19,20). The minimum Gasteiger partial charge on any atom is -0.356 e. The zero-order valence-corrected chi connectivity index (χ0v) is 12.4. The fourth-order valence-corrected chi connectivity index (χ4v) is 2.24. The number of anilines is 1. The third-order valence-electron chi connectivity index (χ3n) is 2.82.